The Morgan fingerprint density at radius 1 is 1.00 bits per heavy atom. The monoisotopic (exact) mass is 519 g/mol. The molecular formula is C30H30ClNO5. The fourth-order valence-electron chi connectivity index (χ4n) is 4.41. The Hall–Kier alpha value is -3.77. The summed E-state index contributed by atoms with van der Waals surface area (Å²) in [5.74, 6) is -0.553. The lowest BCUT2D eigenvalue weighted by Gasteiger charge is -2.26. The molecule has 3 aromatic rings. The van der Waals surface area contributed by atoms with E-state index in [0.29, 0.717) is 47.2 Å². The number of rotatable bonds is 10. The number of hydrogen-bond acceptors (Lipinski definition) is 5. The van der Waals surface area contributed by atoms with Crippen LogP contribution in [0, 0.1) is 0 Å². The number of ether oxygens (including phenoxy) is 2. The van der Waals surface area contributed by atoms with Crippen molar-refractivity contribution in [3.63, 3.8) is 0 Å². The zero-order chi connectivity index (χ0) is 26.4. The predicted molar refractivity (Wildman–Crippen MR) is 144 cm³/mol. The van der Waals surface area contributed by atoms with Crippen LogP contribution in [-0.2, 0) is 16.0 Å². The number of methoxy groups -OCH3 is 1. The zero-order valence-electron chi connectivity index (χ0n) is 20.9. The van der Waals surface area contributed by atoms with Crippen LogP contribution in [0.15, 0.2) is 78.4 Å². The van der Waals surface area contributed by atoms with Gasteiger partial charge in [-0.2, -0.15) is 0 Å². The van der Waals surface area contributed by atoms with Crippen LogP contribution in [0.25, 0.3) is 5.76 Å². The van der Waals surface area contributed by atoms with E-state index in [-0.39, 0.29) is 11.3 Å². The lowest BCUT2D eigenvalue weighted by molar-refractivity contribution is -0.139. The number of halogens is 1. The van der Waals surface area contributed by atoms with Gasteiger partial charge in [0.05, 0.1) is 25.3 Å². The number of unbranched alkanes of at least 4 members (excludes halogenated alkanes) is 1. The van der Waals surface area contributed by atoms with E-state index in [2.05, 4.69) is 6.92 Å². The van der Waals surface area contributed by atoms with Crippen LogP contribution < -0.4 is 9.47 Å². The Labute approximate surface area is 222 Å². The number of amides is 1. The number of benzene rings is 3. The molecule has 37 heavy (non-hydrogen) atoms. The molecule has 1 atom stereocenters. The summed E-state index contributed by atoms with van der Waals surface area (Å²) in [5, 5.41) is 11.7. The summed E-state index contributed by atoms with van der Waals surface area (Å²) in [6.07, 6.45) is 2.47. The third-order valence-corrected chi connectivity index (χ3v) is 6.65. The smallest absolute Gasteiger partial charge is 0.295 e. The third kappa shape index (κ3) is 5.81. The molecule has 1 fully saturated rings. The lowest BCUT2D eigenvalue weighted by atomic mass is 9.95. The molecule has 0 radical (unpaired) electrons. The minimum absolute atomic E-state index is 0.0297. The number of nitrogens with zero attached hydrogens (tertiary/aromatic N) is 1. The minimum atomic E-state index is -0.794. The Morgan fingerprint density at radius 2 is 1.73 bits per heavy atom. The van der Waals surface area contributed by atoms with Crippen molar-refractivity contribution in [3.05, 3.63) is 100 Å². The molecule has 1 unspecified atom stereocenters. The second-order valence-electron chi connectivity index (χ2n) is 8.85. The highest BCUT2D eigenvalue weighted by Gasteiger charge is 2.46. The molecule has 1 saturated heterocycles. The number of carbonyl (C=O) groups excluding carboxylic acids is 2. The van der Waals surface area contributed by atoms with Crippen molar-refractivity contribution >= 4 is 29.1 Å². The number of Topliss-reactive ketones (excluding diaryl/α,β-unsaturated/α-hetero) is 1. The first-order valence-electron chi connectivity index (χ1n) is 12.3. The van der Waals surface area contributed by atoms with Crippen molar-refractivity contribution in [2.45, 2.75) is 32.2 Å². The standard InChI is InChI=1S/C30H30ClNO5/c1-3-4-18-37-24-15-12-22(19-25(24)36-2)27-26(28(33)21-10-13-23(31)14-11-21)29(34)30(35)32(27)17-16-20-8-6-5-7-9-20/h5-15,19,27,33H,3-4,16-18H2,1-2H3/b28-26+. The molecule has 1 N–H and O–H groups in total. The first-order valence-corrected chi connectivity index (χ1v) is 12.7. The van der Waals surface area contributed by atoms with Crippen molar-refractivity contribution < 1.29 is 24.2 Å². The number of hydrogen-bond donors (Lipinski definition) is 1. The summed E-state index contributed by atoms with van der Waals surface area (Å²) in [6, 6.07) is 20.8. The molecule has 4 rings (SSSR count). The van der Waals surface area contributed by atoms with Crippen molar-refractivity contribution in [1.82, 2.24) is 4.90 Å². The van der Waals surface area contributed by atoms with Crippen LogP contribution in [-0.4, -0.2) is 42.0 Å². The maximum Gasteiger partial charge on any atom is 0.295 e. The van der Waals surface area contributed by atoms with E-state index in [1.807, 2.05) is 36.4 Å². The van der Waals surface area contributed by atoms with Crippen LogP contribution in [0.5, 0.6) is 11.5 Å². The van der Waals surface area contributed by atoms with Crippen LogP contribution in [0.1, 0.15) is 42.5 Å². The Bertz CT molecular complexity index is 1290. The van der Waals surface area contributed by atoms with Crippen molar-refractivity contribution in [2.75, 3.05) is 20.3 Å². The third-order valence-electron chi connectivity index (χ3n) is 6.40. The number of carbonyl (C=O) groups is 2. The highest BCUT2D eigenvalue weighted by atomic mass is 35.5. The molecule has 0 aliphatic carbocycles. The average molecular weight is 520 g/mol. The van der Waals surface area contributed by atoms with E-state index in [9.17, 15) is 14.7 Å². The Kier molecular flexibility index (Phi) is 8.51. The fraction of sp³-hybridized carbons (Fsp3) is 0.267. The summed E-state index contributed by atoms with van der Waals surface area (Å²) in [7, 11) is 1.55. The van der Waals surface area contributed by atoms with E-state index in [1.165, 1.54) is 4.90 Å². The highest BCUT2D eigenvalue weighted by Crippen LogP contribution is 2.42. The summed E-state index contributed by atoms with van der Waals surface area (Å²) in [4.78, 5) is 28.1. The second-order valence-corrected chi connectivity index (χ2v) is 9.28. The quantitative estimate of drug-likeness (QED) is 0.149. The number of aliphatic hydroxyl groups is 1. The normalized spacial score (nSPS) is 16.7. The number of aliphatic hydroxyl groups excluding tert-OH is 1. The van der Waals surface area contributed by atoms with Gasteiger partial charge in [0.25, 0.3) is 11.7 Å². The highest BCUT2D eigenvalue weighted by molar-refractivity contribution is 6.46. The molecule has 0 saturated carbocycles. The average Bonchev–Trinajstić information content (AvgIpc) is 3.17. The maximum absolute atomic E-state index is 13.3. The summed E-state index contributed by atoms with van der Waals surface area (Å²) in [6.45, 7) is 2.94. The predicted octanol–water partition coefficient (Wildman–Crippen LogP) is 6.19. The SMILES string of the molecule is CCCCOc1ccc(C2/C(=C(\O)c3ccc(Cl)cc3)C(=O)C(=O)N2CCc2ccccc2)cc1OC. The van der Waals surface area contributed by atoms with Crippen molar-refractivity contribution in [2.24, 2.45) is 0 Å². The number of ketones is 1. The number of likely N-dealkylation sites (tertiary alicyclic amines) is 1. The van der Waals surface area contributed by atoms with Gasteiger partial charge in [-0.25, -0.2) is 0 Å². The Balaban J connectivity index is 1.77. The van der Waals surface area contributed by atoms with Crippen molar-refractivity contribution in [1.29, 1.82) is 0 Å². The molecule has 7 heteroatoms. The molecule has 0 bridgehead atoms. The molecular weight excluding hydrogens is 490 g/mol. The van der Waals surface area contributed by atoms with Gasteiger partial charge in [0.1, 0.15) is 5.76 Å². The zero-order valence-corrected chi connectivity index (χ0v) is 21.7. The molecule has 0 spiro atoms. The molecule has 3 aromatic carbocycles. The fourth-order valence-corrected chi connectivity index (χ4v) is 4.54. The topological polar surface area (TPSA) is 76.1 Å². The van der Waals surface area contributed by atoms with E-state index >= 15 is 0 Å². The van der Waals surface area contributed by atoms with Gasteiger partial charge >= 0.3 is 0 Å². The van der Waals surface area contributed by atoms with Gasteiger partial charge < -0.3 is 19.5 Å². The second kappa shape index (κ2) is 12.0. The van der Waals surface area contributed by atoms with E-state index in [1.54, 1.807) is 43.5 Å². The van der Waals surface area contributed by atoms with Gasteiger partial charge in [-0.1, -0.05) is 61.3 Å². The van der Waals surface area contributed by atoms with Gasteiger partial charge in [-0.05, 0) is 60.4 Å². The summed E-state index contributed by atoms with van der Waals surface area (Å²) in [5.41, 5.74) is 2.12. The molecule has 1 heterocycles. The van der Waals surface area contributed by atoms with Gasteiger partial charge in [-0.3, -0.25) is 9.59 Å². The van der Waals surface area contributed by atoms with Gasteiger partial charge in [0.2, 0.25) is 0 Å². The molecule has 192 valence electrons. The molecule has 1 amide bonds. The Morgan fingerprint density at radius 3 is 2.41 bits per heavy atom. The largest absolute Gasteiger partial charge is 0.507 e. The summed E-state index contributed by atoms with van der Waals surface area (Å²) < 4.78 is 11.5. The molecule has 1 aliphatic rings. The van der Waals surface area contributed by atoms with Gasteiger partial charge in [0, 0.05) is 17.1 Å². The van der Waals surface area contributed by atoms with Crippen LogP contribution in [0.2, 0.25) is 5.02 Å². The van der Waals surface area contributed by atoms with Crippen LogP contribution in [0.3, 0.4) is 0 Å². The first kappa shape index (κ1) is 26.3. The maximum atomic E-state index is 13.3. The van der Waals surface area contributed by atoms with Crippen LogP contribution in [0.4, 0.5) is 0 Å². The van der Waals surface area contributed by atoms with E-state index < -0.39 is 17.7 Å². The molecule has 0 aromatic heterocycles. The first-order chi connectivity index (χ1) is 17.9. The lowest BCUT2D eigenvalue weighted by Crippen LogP contribution is -2.31. The molecule has 6 nitrogen and oxygen atoms in total. The van der Waals surface area contributed by atoms with E-state index in [4.69, 9.17) is 21.1 Å². The minimum Gasteiger partial charge on any atom is -0.507 e. The van der Waals surface area contributed by atoms with Crippen LogP contribution >= 0.6 is 11.6 Å². The van der Waals surface area contributed by atoms with Gasteiger partial charge in [0.15, 0.2) is 11.5 Å². The summed E-state index contributed by atoms with van der Waals surface area (Å²) >= 11 is 6.02. The van der Waals surface area contributed by atoms with Gasteiger partial charge in [-0.15, -0.1) is 0 Å². The van der Waals surface area contributed by atoms with E-state index in [0.717, 1.165) is 18.4 Å². The van der Waals surface area contributed by atoms with Crippen molar-refractivity contribution in [3.8, 4) is 11.5 Å². The molecule has 1 aliphatic heterocycles.